The lowest BCUT2D eigenvalue weighted by Gasteiger charge is -2.41. The molecule has 0 spiro atoms. The van der Waals surface area contributed by atoms with Crippen molar-refractivity contribution in [1.29, 1.82) is 0 Å². The lowest BCUT2D eigenvalue weighted by molar-refractivity contribution is 0.190. The molecule has 0 saturated carbocycles. The molecule has 1 N–H and O–H groups in total. The van der Waals surface area contributed by atoms with Crippen LogP contribution in [0.4, 0.5) is 0 Å². The quantitative estimate of drug-likeness (QED) is 0.882. The third-order valence-corrected chi connectivity index (χ3v) is 4.14. The van der Waals surface area contributed by atoms with E-state index in [4.69, 9.17) is 0 Å². The summed E-state index contributed by atoms with van der Waals surface area (Å²) in [5.41, 5.74) is 4.40. The zero-order valence-corrected chi connectivity index (χ0v) is 12.2. The van der Waals surface area contributed by atoms with E-state index in [2.05, 4.69) is 56.4 Å². The summed E-state index contributed by atoms with van der Waals surface area (Å²) in [6.07, 6.45) is 3.88. The Kier molecular flexibility index (Phi) is 4.08. The molecule has 0 radical (unpaired) electrons. The number of nitrogens with one attached hydrogen (secondary N) is 1. The first-order valence-electron chi connectivity index (χ1n) is 7.01. The first-order valence-corrected chi connectivity index (χ1v) is 7.01. The summed E-state index contributed by atoms with van der Waals surface area (Å²) in [4.78, 5) is 2.30. The van der Waals surface area contributed by atoms with Crippen LogP contribution in [0, 0.1) is 13.8 Å². The highest BCUT2D eigenvalue weighted by atomic mass is 15.1. The van der Waals surface area contributed by atoms with Gasteiger partial charge in [-0.05, 0) is 70.4 Å². The Labute approximate surface area is 111 Å². The van der Waals surface area contributed by atoms with Crippen LogP contribution in [0.2, 0.25) is 0 Å². The number of rotatable bonds is 3. The van der Waals surface area contributed by atoms with Crippen molar-refractivity contribution in [2.75, 3.05) is 27.2 Å². The van der Waals surface area contributed by atoms with Crippen molar-refractivity contribution in [3.05, 3.63) is 34.9 Å². The zero-order valence-electron chi connectivity index (χ0n) is 12.2. The molecule has 0 bridgehead atoms. The molecule has 1 unspecified atom stereocenters. The van der Waals surface area contributed by atoms with Crippen LogP contribution in [-0.2, 0) is 5.54 Å². The molecule has 1 aliphatic heterocycles. The summed E-state index contributed by atoms with van der Waals surface area (Å²) in [6.45, 7) is 6.62. The Bertz CT molecular complexity index is 404. The molecule has 0 amide bonds. The molecule has 0 aromatic heterocycles. The predicted molar refractivity (Wildman–Crippen MR) is 78.0 cm³/mol. The molecule has 2 heteroatoms. The molecule has 1 aromatic carbocycles. The van der Waals surface area contributed by atoms with Crippen LogP contribution in [-0.4, -0.2) is 32.1 Å². The van der Waals surface area contributed by atoms with Gasteiger partial charge in [0.15, 0.2) is 0 Å². The number of benzene rings is 1. The average Bonchev–Trinajstić information content (AvgIpc) is 2.33. The molecule has 18 heavy (non-hydrogen) atoms. The van der Waals surface area contributed by atoms with Gasteiger partial charge >= 0.3 is 0 Å². The lowest BCUT2D eigenvalue weighted by atomic mass is 9.81. The van der Waals surface area contributed by atoms with Gasteiger partial charge in [-0.1, -0.05) is 18.2 Å². The fourth-order valence-electron chi connectivity index (χ4n) is 3.02. The second kappa shape index (κ2) is 5.41. The molecule has 1 aromatic rings. The Morgan fingerprint density at radius 1 is 1.17 bits per heavy atom. The standard InChI is InChI=1S/C16H26N2/c1-13-7-8-15(11-14(13)2)16(12-18(3)4)9-5-6-10-17-16/h7-8,11,17H,5-6,9-10,12H2,1-4H3. The molecule has 1 atom stereocenters. The van der Waals surface area contributed by atoms with Gasteiger partial charge in [-0.2, -0.15) is 0 Å². The average molecular weight is 246 g/mol. The summed E-state index contributed by atoms with van der Waals surface area (Å²) in [5.74, 6) is 0. The normalized spacial score (nSPS) is 24.5. The molecule has 2 nitrogen and oxygen atoms in total. The number of nitrogens with zero attached hydrogens (tertiary/aromatic N) is 1. The van der Waals surface area contributed by atoms with Crippen LogP contribution >= 0.6 is 0 Å². The van der Waals surface area contributed by atoms with E-state index in [0.717, 1.165) is 13.1 Å². The minimum Gasteiger partial charge on any atom is -0.307 e. The van der Waals surface area contributed by atoms with Gasteiger partial charge in [0.05, 0.1) is 5.54 Å². The van der Waals surface area contributed by atoms with Gasteiger partial charge in [0, 0.05) is 6.54 Å². The summed E-state index contributed by atoms with van der Waals surface area (Å²) in [7, 11) is 4.33. The number of piperidine rings is 1. The van der Waals surface area contributed by atoms with Crippen molar-refractivity contribution >= 4 is 0 Å². The zero-order chi connectivity index (χ0) is 13.2. The lowest BCUT2D eigenvalue weighted by Crippen LogP contribution is -2.52. The van der Waals surface area contributed by atoms with Crippen molar-refractivity contribution < 1.29 is 0 Å². The summed E-state index contributed by atoms with van der Waals surface area (Å²) in [6, 6.07) is 6.94. The van der Waals surface area contributed by atoms with Crippen molar-refractivity contribution in [1.82, 2.24) is 10.2 Å². The fourth-order valence-corrected chi connectivity index (χ4v) is 3.02. The topological polar surface area (TPSA) is 15.3 Å². The third kappa shape index (κ3) is 2.76. The van der Waals surface area contributed by atoms with E-state index >= 15 is 0 Å². The molecular formula is C16H26N2. The van der Waals surface area contributed by atoms with Gasteiger partial charge in [0.25, 0.3) is 0 Å². The number of aryl methyl sites for hydroxylation is 2. The second-order valence-corrected chi connectivity index (χ2v) is 6.00. The molecule has 2 rings (SSSR count). The van der Waals surface area contributed by atoms with E-state index in [1.807, 2.05) is 0 Å². The van der Waals surface area contributed by atoms with Gasteiger partial charge in [0.2, 0.25) is 0 Å². The highest BCUT2D eigenvalue weighted by Gasteiger charge is 2.34. The van der Waals surface area contributed by atoms with E-state index in [-0.39, 0.29) is 5.54 Å². The number of hydrogen-bond acceptors (Lipinski definition) is 2. The maximum absolute atomic E-state index is 3.79. The van der Waals surface area contributed by atoms with Gasteiger partial charge in [-0.3, -0.25) is 0 Å². The Hall–Kier alpha value is -0.860. The van der Waals surface area contributed by atoms with Crippen LogP contribution in [0.15, 0.2) is 18.2 Å². The largest absolute Gasteiger partial charge is 0.307 e. The highest BCUT2D eigenvalue weighted by Crippen LogP contribution is 2.32. The molecular weight excluding hydrogens is 220 g/mol. The van der Waals surface area contributed by atoms with Crippen molar-refractivity contribution in [3.63, 3.8) is 0 Å². The van der Waals surface area contributed by atoms with Gasteiger partial charge < -0.3 is 10.2 Å². The van der Waals surface area contributed by atoms with Crippen molar-refractivity contribution in [3.8, 4) is 0 Å². The molecule has 1 heterocycles. The maximum Gasteiger partial charge on any atom is 0.0563 e. The molecule has 1 saturated heterocycles. The van der Waals surface area contributed by atoms with Gasteiger partial charge in [-0.25, -0.2) is 0 Å². The van der Waals surface area contributed by atoms with Crippen LogP contribution in [0.1, 0.15) is 36.0 Å². The highest BCUT2D eigenvalue weighted by molar-refractivity contribution is 5.35. The van der Waals surface area contributed by atoms with Crippen molar-refractivity contribution in [2.45, 2.75) is 38.6 Å². The summed E-state index contributed by atoms with van der Waals surface area (Å²) >= 11 is 0. The first-order chi connectivity index (χ1) is 8.53. The third-order valence-electron chi connectivity index (χ3n) is 4.14. The van der Waals surface area contributed by atoms with Crippen LogP contribution in [0.25, 0.3) is 0 Å². The second-order valence-electron chi connectivity index (χ2n) is 6.00. The number of likely N-dealkylation sites (N-methyl/N-ethyl adjacent to an activating group) is 1. The Morgan fingerprint density at radius 2 is 1.94 bits per heavy atom. The first kappa shape index (κ1) is 13.6. The fraction of sp³-hybridized carbons (Fsp3) is 0.625. The van der Waals surface area contributed by atoms with E-state index in [0.29, 0.717) is 0 Å². The SMILES string of the molecule is Cc1ccc(C2(CN(C)C)CCCCN2)cc1C. The van der Waals surface area contributed by atoms with Crippen LogP contribution in [0.5, 0.6) is 0 Å². The minimum absolute atomic E-state index is 0.153. The smallest absolute Gasteiger partial charge is 0.0563 e. The molecule has 0 aliphatic carbocycles. The predicted octanol–water partition coefficient (Wildman–Crippen LogP) is 2.83. The summed E-state index contributed by atoms with van der Waals surface area (Å²) in [5, 5.41) is 3.79. The van der Waals surface area contributed by atoms with Crippen molar-refractivity contribution in [2.24, 2.45) is 0 Å². The molecule has 1 fully saturated rings. The van der Waals surface area contributed by atoms with E-state index < -0.39 is 0 Å². The summed E-state index contributed by atoms with van der Waals surface area (Å²) < 4.78 is 0. The van der Waals surface area contributed by atoms with Gasteiger partial charge in [0.1, 0.15) is 0 Å². The number of hydrogen-bond donors (Lipinski definition) is 1. The Balaban J connectivity index is 2.35. The molecule has 100 valence electrons. The monoisotopic (exact) mass is 246 g/mol. The minimum atomic E-state index is 0.153. The van der Waals surface area contributed by atoms with Gasteiger partial charge in [-0.15, -0.1) is 0 Å². The van der Waals surface area contributed by atoms with E-state index in [1.54, 1.807) is 0 Å². The van der Waals surface area contributed by atoms with Crippen LogP contribution < -0.4 is 5.32 Å². The maximum atomic E-state index is 3.79. The van der Waals surface area contributed by atoms with E-state index in [9.17, 15) is 0 Å². The Morgan fingerprint density at radius 3 is 2.50 bits per heavy atom. The molecule has 1 aliphatic rings. The van der Waals surface area contributed by atoms with Crippen LogP contribution in [0.3, 0.4) is 0 Å². The van der Waals surface area contributed by atoms with E-state index in [1.165, 1.54) is 36.0 Å².